The molecule has 3 heterocycles. The van der Waals surface area contributed by atoms with Gasteiger partial charge in [0.1, 0.15) is 0 Å². The van der Waals surface area contributed by atoms with E-state index < -0.39 is 22.1 Å². The molecule has 0 saturated heterocycles. The minimum atomic E-state index is -0.717. The molecule has 10 nitrogen and oxygen atoms in total. The first-order chi connectivity index (χ1) is 10.5. The third kappa shape index (κ3) is 2.06. The van der Waals surface area contributed by atoms with Crippen LogP contribution in [-0.4, -0.2) is 29.0 Å². The van der Waals surface area contributed by atoms with Gasteiger partial charge in [-0.05, 0) is 21.5 Å². The topological polar surface area (TPSA) is 129 Å². The van der Waals surface area contributed by atoms with Crippen molar-refractivity contribution in [1.82, 2.24) is 24.1 Å². The molecular weight excluding hydrogens is 292 g/mol. The molecule has 10 heteroatoms. The molecule has 0 fully saturated rings. The van der Waals surface area contributed by atoms with Crippen LogP contribution in [0.5, 0.6) is 0 Å². The van der Waals surface area contributed by atoms with Crippen LogP contribution in [0.15, 0.2) is 34.1 Å². The van der Waals surface area contributed by atoms with Crippen molar-refractivity contribution >= 4 is 17.1 Å². The highest BCUT2D eigenvalue weighted by atomic mass is 16.6. The van der Waals surface area contributed by atoms with Crippen molar-refractivity contribution in [3.63, 3.8) is 0 Å². The van der Waals surface area contributed by atoms with Crippen LogP contribution in [0, 0.1) is 10.1 Å². The Balaban J connectivity index is 2.30. The average Bonchev–Trinajstić information content (AvgIpc) is 2.83. The van der Waals surface area contributed by atoms with E-state index in [9.17, 15) is 19.7 Å². The fourth-order valence-electron chi connectivity index (χ4n) is 2.22. The molecule has 0 radical (unpaired) electrons. The zero-order valence-corrected chi connectivity index (χ0v) is 11.4. The molecule has 0 saturated carbocycles. The second-order valence-electron chi connectivity index (χ2n) is 4.61. The lowest BCUT2D eigenvalue weighted by atomic mass is 10.3. The van der Waals surface area contributed by atoms with Crippen molar-refractivity contribution in [3.8, 4) is 0 Å². The summed E-state index contributed by atoms with van der Waals surface area (Å²) in [5.74, 6) is -0.508. The molecule has 0 amide bonds. The third-order valence-corrected chi connectivity index (χ3v) is 3.22. The summed E-state index contributed by atoms with van der Waals surface area (Å²) in [5.41, 5.74) is -0.770. The van der Waals surface area contributed by atoms with Crippen LogP contribution in [0.2, 0.25) is 0 Å². The van der Waals surface area contributed by atoms with Gasteiger partial charge in [-0.2, -0.15) is 0 Å². The summed E-state index contributed by atoms with van der Waals surface area (Å²) in [7, 11) is 1.35. The number of aromatic nitrogens is 5. The van der Waals surface area contributed by atoms with E-state index in [1.165, 1.54) is 11.6 Å². The van der Waals surface area contributed by atoms with Crippen LogP contribution < -0.4 is 11.2 Å². The molecule has 0 aliphatic rings. The van der Waals surface area contributed by atoms with Crippen LogP contribution >= 0.6 is 0 Å². The monoisotopic (exact) mass is 302 g/mol. The van der Waals surface area contributed by atoms with Crippen molar-refractivity contribution in [1.29, 1.82) is 0 Å². The number of H-pyrrole nitrogens is 1. The zero-order chi connectivity index (χ0) is 15.9. The minimum Gasteiger partial charge on any atom is -0.390 e. The van der Waals surface area contributed by atoms with Gasteiger partial charge in [0.15, 0.2) is 0 Å². The lowest BCUT2D eigenvalue weighted by Crippen LogP contribution is -2.31. The number of pyridine rings is 1. The molecule has 1 N–H and O–H groups in total. The molecule has 0 spiro atoms. The highest BCUT2D eigenvalue weighted by Gasteiger charge is 2.25. The Kier molecular flexibility index (Phi) is 3.05. The summed E-state index contributed by atoms with van der Waals surface area (Å²) in [6.45, 7) is 0.0914. The number of nitrogens with zero attached hydrogens (tertiary/aromatic N) is 5. The summed E-state index contributed by atoms with van der Waals surface area (Å²) in [5, 5.41) is 11.0. The molecule has 0 atom stereocenters. The first-order valence-corrected chi connectivity index (χ1v) is 6.22. The van der Waals surface area contributed by atoms with Gasteiger partial charge in [-0.25, -0.2) is 9.36 Å². The molecule has 0 aliphatic heterocycles. The lowest BCUT2D eigenvalue weighted by molar-refractivity contribution is -0.396. The fourth-order valence-corrected chi connectivity index (χ4v) is 2.22. The van der Waals surface area contributed by atoms with E-state index in [2.05, 4.69) is 15.0 Å². The van der Waals surface area contributed by atoms with E-state index in [1.807, 2.05) is 0 Å². The highest BCUT2D eigenvalue weighted by molar-refractivity contribution is 5.72. The minimum absolute atomic E-state index is 0.0322. The molecule has 0 aliphatic carbocycles. The summed E-state index contributed by atoms with van der Waals surface area (Å²) in [4.78, 5) is 44.1. The van der Waals surface area contributed by atoms with Crippen LogP contribution in [0.25, 0.3) is 11.2 Å². The second-order valence-corrected chi connectivity index (χ2v) is 4.61. The van der Waals surface area contributed by atoms with Crippen LogP contribution in [0.1, 0.15) is 5.56 Å². The molecule has 3 rings (SSSR count). The van der Waals surface area contributed by atoms with E-state index in [0.717, 1.165) is 4.57 Å². The van der Waals surface area contributed by atoms with E-state index >= 15 is 0 Å². The molecule has 3 aromatic rings. The van der Waals surface area contributed by atoms with E-state index in [0.29, 0.717) is 5.56 Å². The second kappa shape index (κ2) is 4.91. The van der Waals surface area contributed by atoms with Crippen molar-refractivity contribution in [2.24, 2.45) is 7.05 Å². The normalized spacial score (nSPS) is 11.0. The Morgan fingerprint density at radius 2 is 2.18 bits per heavy atom. The number of aryl methyl sites for hydroxylation is 1. The van der Waals surface area contributed by atoms with Gasteiger partial charge in [0.05, 0.1) is 13.6 Å². The number of imidazole rings is 1. The van der Waals surface area contributed by atoms with Crippen LogP contribution in [0.4, 0.5) is 5.95 Å². The van der Waals surface area contributed by atoms with Gasteiger partial charge in [-0.1, -0.05) is 6.07 Å². The number of nitro groups is 1. The summed E-state index contributed by atoms with van der Waals surface area (Å²) in [6.07, 6.45) is 3.14. The Morgan fingerprint density at radius 3 is 2.82 bits per heavy atom. The molecule has 3 aromatic heterocycles. The predicted molar refractivity (Wildman–Crippen MR) is 75.6 cm³/mol. The van der Waals surface area contributed by atoms with Gasteiger partial charge in [0.2, 0.25) is 5.52 Å². The van der Waals surface area contributed by atoms with Crippen molar-refractivity contribution in [2.75, 3.05) is 0 Å². The maximum absolute atomic E-state index is 12.0. The Hall–Kier alpha value is -3.30. The Bertz CT molecular complexity index is 985. The maximum atomic E-state index is 12.0. The standard InChI is InChI=1S/C12H10N6O4/c1-16-8-9(14-11(16)18(21)22)17(12(20)15-10(8)19)6-7-3-2-4-13-5-7/h2-5H,6H2,1H3,(H,15,19,20). The maximum Gasteiger partial charge on any atom is 0.437 e. The number of nitrogens with one attached hydrogen (secondary N) is 1. The number of hydrogen-bond acceptors (Lipinski definition) is 6. The number of aromatic amines is 1. The summed E-state index contributed by atoms with van der Waals surface area (Å²) >= 11 is 0. The third-order valence-electron chi connectivity index (χ3n) is 3.22. The van der Waals surface area contributed by atoms with Crippen molar-refractivity contribution < 1.29 is 4.92 Å². The SMILES string of the molecule is Cn1c([N+](=O)[O-])nc2c1c(=O)[nH]c(=O)n2Cc1cccnc1. The molecule has 0 aromatic carbocycles. The molecular formula is C12H10N6O4. The molecule has 0 unspecified atom stereocenters. The number of rotatable bonds is 3. The largest absolute Gasteiger partial charge is 0.437 e. The molecule has 22 heavy (non-hydrogen) atoms. The van der Waals surface area contributed by atoms with Gasteiger partial charge in [0.25, 0.3) is 11.2 Å². The van der Waals surface area contributed by atoms with E-state index in [-0.39, 0.29) is 17.7 Å². The smallest absolute Gasteiger partial charge is 0.390 e. The fraction of sp³-hybridized carbons (Fsp3) is 0.167. The van der Waals surface area contributed by atoms with Gasteiger partial charge < -0.3 is 10.1 Å². The van der Waals surface area contributed by atoms with Crippen LogP contribution in [-0.2, 0) is 13.6 Å². The lowest BCUT2D eigenvalue weighted by Gasteiger charge is -2.03. The predicted octanol–water partition coefficient (Wildman–Crippen LogP) is -0.225. The van der Waals surface area contributed by atoms with Gasteiger partial charge in [0, 0.05) is 12.4 Å². The Morgan fingerprint density at radius 1 is 1.41 bits per heavy atom. The van der Waals surface area contributed by atoms with Crippen molar-refractivity contribution in [3.05, 3.63) is 61.0 Å². The first kappa shape index (κ1) is 13.7. The number of fused-ring (bicyclic) bond motifs is 1. The highest BCUT2D eigenvalue weighted by Crippen LogP contribution is 2.16. The average molecular weight is 302 g/mol. The van der Waals surface area contributed by atoms with Crippen LogP contribution in [0.3, 0.4) is 0 Å². The Labute approximate surface area is 121 Å². The van der Waals surface area contributed by atoms with E-state index in [1.54, 1.807) is 24.5 Å². The van der Waals surface area contributed by atoms with Crippen molar-refractivity contribution in [2.45, 2.75) is 6.54 Å². The number of hydrogen-bond donors (Lipinski definition) is 1. The first-order valence-electron chi connectivity index (χ1n) is 6.22. The molecule has 112 valence electrons. The van der Waals surface area contributed by atoms with Gasteiger partial charge >= 0.3 is 11.6 Å². The van der Waals surface area contributed by atoms with Gasteiger partial charge in [-0.3, -0.25) is 19.3 Å². The van der Waals surface area contributed by atoms with Gasteiger partial charge in [-0.15, -0.1) is 0 Å². The zero-order valence-electron chi connectivity index (χ0n) is 11.4. The quantitative estimate of drug-likeness (QED) is 0.526. The summed E-state index contributed by atoms with van der Waals surface area (Å²) in [6, 6.07) is 3.44. The molecule has 0 bridgehead atoms. The summed E-state index contributed by atoms with van der Waals surface area (Å²) < 4.78 is 2.22. The van der Waals surface area contributed by atoms with E-state index in [4.69, 9.17) is 0 Å².